The third-order valence-corrected chi connectivity index (χ3v) is 6.62. The number of nitrogens with zero attached hydrogens (tertiary/aromatic N) is 2. The molecule has 0 aromatic heterocycles. The van der Waals surface area contributed by atoms with Gasteiger partial charge in [0, 0.05) is 33.2 Å². The molecule has 2 rings (SSSR count). The molecule has 0 aliphatic carbocycles. The molecule has 0 unspecified atom stereocenters. The van der Waals surface area contributed by atoms with Crippen LogP contribution in [-0.2, 0) is 10.0 Å². The van der Waals surface area contributed by atoms with E-state index in [4.69, 9.17) is 0 Å². The molecule has 1 saturated heterocycles. The van der Waals surface area contributed by atoms with Crippen molar-refractivity contribution in [1.82, 2.24) is 14.5 Å². The average molecular weight is 386 g/mol. The van der Waals surface area contributed by atoms with Crippen LogP contribution in [0.15, 0.2) is 23.1 Å². The first-order valence-electron chi connectivity index (χ1n) is 8.98. The van der Waals surface area contributed by atoms with Crippen molar-refractivity contribution in [3.8, 4) is 0 Å². The highest BCUT2D eigenvalue weighted by Gasteiger charge is 2.21. The van der Waals surface area contributed by atoms with E-state index in [2.05, 4.69) is 17.1 Å². The van der Waals surface area contributed by atoms with Gasteiger partial charge in [-0.2, -0.15) is 0 Å². The van der Waals surface area contributed by atoms with Crippen LogP contribution in [0.2, 0.25) is 0 Å². The molecular formula is C18H28FN3O3S. The first-order chi connectivity index (χ1) is 12.2. The Kier molecular flexibility index (Phi) is 7.14. The number of sulfonamides is 1. The molecule has 1 aliphatic heterocycles. The molecular weight excluding hydrogens is 357 g/mol. The van der Waals surface area contributed by atoms with Crippen molar-refractivity contribution in [2.75, 3.05) is 33.7 Å². The molecule has 1 amide bonds. The van der Waals surface area contributed by atoms with E-state index in [1.54, 1.807) is 0 Å². The average Bonchev–Trinajstić information content (AvgIpc) is 2.60. The molecule has 1 aromatic rings. The second-order valence-corrected chi connectivity index (χ2v) is 9.07. The summed E-state index contributed by atoms with van der Waals surface area (Å²) in [6, 6.07) is 3.83. The van der Waals surface area contributed by atoms with Crippen LogP contribution in [0.25, 0.3) is 0 Å². The lowest BCUT2D eigenvalue weighted by Gasteiger charge is -2.33. The Balaban J connectivity index is 1.94. The number of benzene rings is 1. The summed E-state index contributed by atoms with van der Waals surface area (Å²) in [6.07, 6.45) is 4.44. The molecule has 0 spiro atoms. The first kappa shape index (κ1) is 20.8. The van der Waals surface area contributed by atoms with Gasteiger partial charge < -0.3 is 10.2 Å². The molecule has 146 valence electrons. The van der Waals surface area contributed by atoms with Crippen molar-refractivity contribution >= 4 is 15.9 Å². The Morgan fingerprint density at radius 1 is 1.35 bits per heavy atom. The quantitative estimate of drug-likeness (QED) is 0.730. The van der Waals surface area contributed by atoms with Gasteiger partial charge in [0.15, 0.2) is 0 Å². The fourth-order valence-electron chi connectivity index (χ4n) is 3.12. The number of piperidine rings is 1. The number of hydrogen-bond acceptors (Lipinski definition) is 4. The number of nitrogens with one attached hydrogen (secondary N) is 1. The normalized spacial score (nSPS) is 18.9. The minimum absolute atomic E-state index is 0.101. The Morgan fingerprint density at radius 2 is 2.08 bits per heavy atom. The van der Waals surface area contributed by atoms with Crippen molar-refractivity contribution < 1.29 is 17.6 Å². The van der Waals surface area contributed by atoms with Crippen molar-refractivity contribution in [2.24, 2.45) is 0 Å². The van der Waals surface area contributed by atoms with Gasteiger partial charge in [0.05, 0.1) is 10.5 Å². The second-order valence-electron chi connectivity index (χ2n) is 6.92. The number of amides is 1. The van der Waals surface area contributed by atoms with Crippen molar-refractivity contribution in [3.63, 3.8) is 0 Å². The zero-order valence-electron chi connectivity index (χ0n) is 15.7. The van der Waals surface area contributed by atoms with Gasteiger partial charge in [0.1, 0.15) is 5.82 Å². The highest BCUT2D eigenvalue weighted by atomic mass is 32.2. The highest BCUT2D eigenvalue weighted by Crippen LogP contribution is 2.18. The lowest BCUT2D eigenvalue weighted by atomic mass is 10.0. The van der Waals surface area contributed by atoms with Crippen LogP contribution in [0, 0.1) is 5.82 Å². The van der Waals surface area contributed by atoms with Gasteiger partial charge in [-0.15, -0.1) is 0 Å². The number of carbonyl (C=O) groups excluding carboxylic acids is 1. The molecule has 1 fully saturated rings. The lowest BCUT2D eigenvalue weighted by Crippen LogP contribution is -2.39. The van der Waals surface area contributed by atoms with Gasteiger partial charge in [-0.25, -0.2) is 17.1 Å². The Morgan fingerprint density at radius 3 is 2.73 bits per heavy atom. The van der Waals surface area contributed by atoms with Gasteiger partial charge in [-0.3, -0.25) is 4.79 Å². The summed E-state index contributed by atoms with van der Waals surface area (Å²) in [5.74, 6) is -1.32. The number of rotatable bonds is 7. The van der Waals surface area contributed by atoms with E-state index >= 15 is 0 Å². The summed E-state index contributed by atoms with van der Waals surface area (Å²) in [7, 11) is -0.938. The summed E-state index contributed by atoms with van der Waals surface area (Å²) >= 11 is 0. The van der Waals surface area contributed by atoms with Crippen LogP contribution in [0.4, 0.5) is 4.39 Å². The SMILES string of the molecule is C[C@H]1CCCCN1CCCNC(=O)c1cc(S(=O)(=O)N(C)C)ccc1F. The molecule has 6 nitrogen and oxygen atoms in total. The van der Waals surface area contributed by atoms with Gasteiger partial charge >= 0.3 is 0 Å². The fraction of sp³-hybridized carbons (Fsp3) is 0.611. The van der Waals surface area contributed by atoms with Crippen LogP contribution in [0.5, 0.6) is 0 Å². The summed E-state index contributed by atoms with van der Waals surface area (Å²) < 4.78 is 39.3. The minimum Gasteiger partial charge on any atom is -0.352 e. The van der Waals surface area contributed by atoms with E-state index in [0.717, 1.165) is 35.9 Å². The van der Waals surface area contributed by atoms with Crippen LogP contribution >= 0.6 is 0 Å². The third-order valence-electron chi connectivity index (χ3n) is 4.81. The van der Waals surface area contributed by atoms with E-state index in [0.29, 0.717) is 12.6 Å². The zero-order chi connectivity index (χ0) is 19.3. The second kappa shape index (κ2) is 8.92. The summed E-state index contributed by atoms with van der Waals surface area (Å²) in [4.78, 5) is 14.6. The molecule has 8 heteroatoms. The Bertz CT molecular complexity index is 737. The summed E-state index contributed by atoms with van der Waals surface area (Å²) in [5.41, 5.74) is -0.251. The van der Waals surface area contributed by atoms with Gasteiger partial charge in [-0.1, -0.05) is 6.42 Å². The number of likely N-dealkylation sites (tertiary alicyclic amines) is 1. The molecule has 26 heavy (non-hydrogen) atoms. The monoisotopic (exact) mass is 385 g/mol. The maximum absolute atomic E-state index is 14.0. The van der Waals surface area contributed by atoms with Crippen LogP contribution in [0.3, 0.4) is 0 Å². The fourth-order valence-corrected chi connectivity index (χ4v) is 4.05. The minimum atomic E-state index is -3.72. The van der Waals surface area contributed by atoms with Gasteiger partial charge in [0.2, 0.25) is 10.0 Å². The maximum Gasteiger partial charge on any atom is 0.254 e. The van der Waals surface area contributed by atoms with Crippen LogP contribution in [0.1, 0.15) is 43.0 Å². The predicted octanol–water partition coefficient (Wildman–Crippen LogP) is 2.07. The Hall–Kier alpha value is -1.51. The highest BCUT2D eigenvalue weighted by molar-refractivity contribution is 7.89. The lowest BCUT2D eigenvalue weighted by molar-refractivity contribution is 0.0944. The van der Waals surface area contributed by atoms with Crippen LogP contribution in [-0.4, -0.2) is 63.3 Å². The topological polar surface area (TPSA) is 69.7 Å². The number of halogens is 1. The molecule has 1 heterocycles. The molecule has 1 aliphatic rings. The summed E-state index contributed by atoms with van der Waals surface area (Å²) in [6.45, 7) is 4.60. The van der Waals surface area contributed by atoms with E-state index in [9.17, 15) is 17.6 Å². The molecule has 0 radical (unpaired) electrons. The number of carbonyl (C=O) groups is 1. The van der Waals surface area contributed by atoms with E-state index in [1.165, 1.54) is 39.4 Å². The molecule has 1 N–H and O–H groups in total. The molecule has 0 saturated carbocycles. The zero-order valence-corrected chi connectivity index (χ0v) is 16.5. The third kappa shape index (κ3) is 5.02. The van der Waals surface area contributed by atoms with Gasteiger partial charge in [0.25, 0.3) is 5.91 Å². The molecule has 1 atom stereocenters. The van der Waals surface area contributed by atoms with E-state index in [1.807, 2.05) is 0 Å². The summed E-state index contributed by atoms with van der Waals surface area (Å²) in [5, 5.41) is 2.69. The predicted molar refractivity (Wildman–Crippen MR) is 99.1 cm³/mol. The van der Waals surface area contributed by atoms with Crippen molar-refractivity contribution in [3.05, 3.63) is 29.6 Å². The largest absolute Gasteiger partial charge is 0.352 e. The molecule has 1 aromatic carbocycles. The van der Waals surface area contributed by atoms with E-state index in [-0.39, 0.29) is 10.5 Å². The number of hydrogen-bond donors (Lipinski definition) is 1. The first-order valence-corrected chi connectivity index (χ1v) is 10.4. The van der Waals surface area contributed by atoms with E-state index < -0.39 is 21.7 Å². The maximum atomic E-state index is 14.0. The van der Waals surface area contributed by atoms with Crippen molar-refractivity contribution in [2.45, 2.75) is 43.5 Å². The Labute approximate surface area is 155 Å². The standard InChI is InChI=1S/C18H28FN3O3S/c1-14-7-4-5-11-22(14)12-6-10-20-18(23)16-13-15(8-9-17(16)19)26(24,25)21(2)3/h8-9,13-14H,4-7,10-12H2,1-3H3,(H,20,23)/t14-/m0/s1. The van der Waals surface area contributed by atoms with Gasteiger partial charge in [-0.05, 0) is 50.9 Å². The smallest absolute Gasteiger partial charge is 0.254 e. The van der Waals surface area contributed by atoms with Crippen molar-refractivity contribution in [1.29, 1.82) is 0 Å². The molecule has 0 bridgehead atoms. The van der Waals surface area contributed by atoms with Crippen LogP contribution < -0.4 is 5.32 Å².